The number of hydrogen-bond acceptors (Lipinski definition) is 9. The van der Waals surface area contributed by atoms with Crippen LogP contribution < -0.4 is 18.9 Å². The summed E-state index contributed by atoms with van der Waals surface area (Å²) in [4.78, 5) is 0. The van der Waals surface area contributed by atoms with Gasteiger partial charge < -0.3 is 38.2 Å². The predicted molar refractivity (Wildman–Crippen MR) is 110 cm³/mol. The van der Waals surface area contributed by atoms with Crippen molar-refractivity contribution in [1.29, 1.82) is 0 Å². The van der Waals surface area contributed by atoms with Crippen LogP contribution in [0.15, 0.2) is 48.5 Å². The van der Waals surface area contributed by atoms with Crippen molar-refractivity contribution < 1.29 is 42.8 Å². The molecular formula is C20H27O9P. The SMILES string of the molecule is O=[PH](OCCOc1ccc(OCCO)cc1)OCCOc1ccc(OCCO)cc1. The highest BCUT2D eigenvalue weighted by molar-refractivity contribution is 7.33. The lowest BCUT2D eigenvalue weighted by Crippen LogP contribution is -2.06. The zero-order valence-corrected chi connectivity index (χ0v) is 17.5. The minimum Gasteiger partial charge on any atom is -0.491 e. The molecule has 0 amide bonds. The highest BCUT2D eigenvalue weighted by Crippen LogP contribution is 2.24. The lowest BCUT2D eigenvalue weighted by atomic mass is 10.3. The number of ether oxygens (including phenoxy) is 4. The van der Waals surface area contributed by atoms with Gasteiger partial charge in [0, 0.05) is 0 Å². The van der Waals surface area contributed by atoms with E-state index in [1.54, 1.807) is 48.5 Å². The molecule has 166 valence electrons. The van der Waals surface area contributed by atoms with Crippen LogP contribution in [0.5, 0.6) is 23.0 Å². The van der Waals surface area contributed by atoms with Crippen LogP contribution in [0, 0.1) is 0 Å². The maximum atomic E-state index is 11.7. The maximum Gasteiger partial charge on any atom is 0.319 e. The molecule has 2 N–H and O–H groups in total. The number of aliphatic hydroxyl groups excluding tert-OH is 2. The van der Waals surface area contributed by atoms with Gasteiger partial charge in [0.2, 0.25) is 0 Å². The quantitative estimate of drug-likeness (QED) is 0.299. The molecule has 0 saturated heterocycles. The molecule has 0 aliphatic rings. The van der Waals surface area contributed by atoms with Crippen molar-refractivity contribution in [3.63, 3.8) is 0 Å². The third kappa shape index (κ3) is 9.96. The second-order valence-electron chi connectivity index (χ2n) is 5.73. The molecule has 0 heterocycles. The van der Waals surface area contributed by atoms with Crippen LogP contribution in [-0.4, -0.2) is 63.1 Å². The number of hydrogen-bond donors (Lipinski definition) is 2. The molecule has 10 heteroatoms. The van der Waals surface area contributed by atoms with Crippen molar-refractivity contribution >= 4 is 8.25 Å². The van der Waals surface area contributed by atoms with Gasteiger partial charge in [0.25, 0.3) is 0 Å². The van der Waals surface area contributed by atoms with E-state index < -0.39 is 8.25 Å². The standard InChI is InChI=1S/C20H27O9P/c21-9-11-24-17-1-5-19(6-2-17)26-13-15-28-30(23)29-16-14-27-20-7-3-18(4-8-20)25-12-10-22/h1-8,21-22,30H,9-16H2. The Hall–Kier alpha value is -2.29. The summed E-state index contributed by atoms with van der Waals surface area (Å²) in [5.41, 5.74) is 0. The summed E-state index contributed by atoms with van der Waals surface area (Å²) in [6, 6.07) is 13.8. The van der Waals surface area contributed by atoms with Crippen molar-refractivity contribution in [2.75, 3.05) is 52.9 Å². The Balaban J connectivity index is 1.52. The molecule has 0 atom stereocenters. The molecule has 0 saturated carbocycles. The van der Waals surface area contributed by atoms with Crippen LogP contribution in [0.1, 0.15) is 0 Å². The molecule has 0 aliphatic heterocycles. The molecule has 9 nitrogen and oxygen atoms in total. The molecule has 0 aromatic heterocycles. The van der Waals surface area contributed by atoms with Crippen LogP contribution in [0.4, 0.5) is 0 Å². The first-order chi connectivity index (χ1) is 14.7. The largest absolute Gasteiger partial charge is 0.491 e. The third-order valence-corrected chi connectivity index (χ3v) is 4.39. The van der Waals surface area contributed by atoms with E-state index in [0.29, 0.717) is 23.0 Å². The van der Waals surface area contributed by atoms with Crippen LogP contribution in [0.25, 0.3) is 0 Å². The Morgan fingerprint density at radius 2 is 0.833 bits per heavy atom. The second-order valence-corrected chi connectivity index (χ2v) is 6.81. The average Bonchev–Trinajstić information content (AvgIpc) is 2.78. The molecular weight excluding hydrogens is 415 g/mol. The van der Waals surface area contributed by atoms with Crippen molar-refractivity contribution in [3.05, 3.63) is 48.5 Å². The van der Waals surface area contributed by atoms with E-state index in [1.165, 1.54) is 0 Å². The van der Waals surface area contributed by atoms with Crippen LogP contribution >= 0.6 is 8.25 Å². The average molecular weight is 442 g/mol. The molecule has 0 spiro atoms. The number of aliphatic hydroxyl groups is 2. The van der Waals surface area contributed by atoms with E-state index >= 15 is 0 Å². The van der Waals surface area contributed by atoms with Crippen molar-refractivity contribution in [2.24, 2.45) is 0 Å². The summed E-state index contributed by atoms with van der Waals surface area (Å²) >= 11 is 0. The summed E-state index contributed by atoms with van der Waals surface area (Å²) in [7, 11) is -2.63. The Kier molecular flexibility index (Phi) is 11.7. The molecule has 2 aromatic rings. The van der Waals surface area contributed by atoms with Gasteiger partial charge in [-0.2, -0.15) is 0 Å². The fourth-order valence-corrected chi connectivity index (χ4v) is 2.79. The maximum absolute atomic E-state index is 11.7. The molecule has 0 radical (unpaired) electrons. The van der Waals surface area contributed by atoms with Gasteiger partial charge in [-0.05, 0) is 48.5 Å². The molecule has 0 unspecified atom stereocenters. The topological polar surface area (TPSA) is 113 Å². The van der Waals surface area contributed by atoms with E-state index in [1.807, 2.05) is 0 Å². The van der Waals surface area contributed by atoms with Crippen molar-refractivity contribution in [1.82, 2.24) is 0 Å². The smallest absolute Gasteiger partial charge is 0.319 e. The zero-order chi connectivity index (χ0) is 21.4. The van der Waals surface area contributed by atoms with E-state index in [4.69, 9.17) is 38.2 Å². The van der Waals surface area contributed by atoms with E-state index in [2.05, 4.69) is 0 Å². The van der Waals surface area contributed by atoms with Crippen molar-refractivity contribution in [2.45, 2.75) is 0 Å². The first-order valence-electron chi connectivity index (χ1n) is 9.44. The van der Waals surface area contributed by atoms with E-state index in [-0.39, 0.29) is 52.9 Å². The minimum absolute atomic E-state index is 0.0440. The van der Waals surface area contributed by atoms with Gasteiger partial charge in [-0.3, -0.25) is 4.57 Å². The third-order valence-electron chi connectivity index (χ3n) is 3.51. The molecule has 0 bridgehead atoms. The zero-order valence-electron chi connectivity index (χ0n) is 16.5. The van der Waals surface area contributed by atoms with Gasteiger partial charge in [0.05, 0.1) is 26.4 Å². The summed E-state index contributed by atoms with van der Waals surface area (Å²) in [5, 5.41) is 17.4. The highest BCUT2D eigenvalue weighted by Gasteiger charge is 2.02. The monoisotopic (exact) mass is 442 g/mol. The summed E-state index contributed by atoms with van der Waals surface area (Å²) in [6.45, 7) is 1.07. The Morgan fingerprint density at radius 1 is 0.533 bits per heavy atom. The van der Waals surface area contributed by atoms with Crippen LogP contribution in [-0.2, 0) is 13.6 Å². The van der Waals surface area contributed by atoms with Gasteiger partial charge in [-0.1, -0.05) is 0 Å². The van der Waals surface area contributed by atoms with Crippen LogP contribution in [0.2, 0.25) is 0 Å². The van der Waals surface area contributed by atoms with Crippen molar-refractivity contribution in [3.8, 4) is 23.0 Å². The molecule has 2 aromatic carbocycles. The van der Waals surface area contributed by atoms with Gasteiger partial charge in [0.1, 0.15) is 49.4 Å². The highest BCUT2D eigenvalue weighted by atomic mass is 31.1. The molecule has 0 fully saturated rings. The Labute approximate surface area is 176 Å². The van der Waals surface area contributed by atoms with Gasteiger partial charge in [-0.25, -0.2) is 0 Å². The fourth-order valence-electron chi connectivity index (χ4n) is 2.20. The van der Waals surface area contributed by atoms with Gasteiger partial charge in [0.15, 0.2) is 0 Å². The van der Waals surface area contributed by atoms with E-state index in [0.717, 1.165) is 0 Å². The Morgan fingerprint density at radius 3 is 1.13 bits per heavy atom. The van der Waals surface area contributed by atoms with Crippen LogP contribution in [0.3, 0.4) is 0 Å². The number of benzene rings is 2. The van der Waals surface area contributed by atoms with Gasteiger partial charge in [-0.15, -0.1) is 0 Å². The summed E-state index contributed by atoms with van der Waals surface area (Å²) in [6.07, 6.45) is 0. The molecule has 30 heavy (non-hydrogen) atoms. The molecule has 2 rings (SSSR count). The second kappa shape index (κ2) is 14.7. The predicted octanol–water partition coefficient (Wildman–Crippen LogP) is 2.31. The van der Waals surface area contributed by atoms with E-state index in [9.17, 15) is 4.57 Å². The first-order valence-corrected chi connectivity index (χ1v) is 10.7. The first kappa shape index (κ1) is 24.0. The fraction of sp³-hybridized carbons (Fsp3) is 0.400. The van der Waals surface area contributed by atoms with Gasteiger partial charge >= 0.3 is 8.25 Å². The Bertz CT molecular complexity index is 661. The molecule has 0 aliphatic carbocycles. The minimum atomic E-state index is -2.63. The number of rotatable bonds is 16. The normalized spacial score (nSPS) is 10.8. The summed E-state index contributed by atoms with van der Waals surface area (Å²) in [5.74, 6) is 2.52. The lowest BCUT2D eigenvalue weighted by Gasteiger charge is -2.10. The summed E-state index contributed by atoms with van der Waals surface area (Å²) < 4.78 is 43.4. The lowest BCUT2D eigenvalue weighted by molar-refractivity contribution is 0.165.